The van der Waals surface area contributed by atoms with Crippen molar-refractivity contribution in [1.82, 2.24) is 0 Å². The van der Waals surface area contributed by atoms with Gasteiger partial charge in [0, 0.05) is 11.3 Å². The summed E-state index contributed by atoms with van der Waals surface area (Å²) in [4.78, 5) is 0. The second kappa shape index (κ2) is 4.26. The zero-order valence-electron chi connectivity index (χ0n) is 9.29. The minimum Gasteiger partial charge on any atom is -0.397 e. The normalized spacial score (nSPS) is 16.5. The van der Waals surface area contributed by atoms with E-state index >= 15 is 0 Å². The molecule has 0 unspecified atom stereocenters. The van der Waals surface area contributed by atoms with E-state index in [0.717, 1.165) is 12.2 Å². The van der Waals surface area contributed by atoms with Gasteiger partial charge in [-0.25, -0.2) is 0 Å². The number of anilines is 2. The standard InChI is InChI=1S/C12H15N3S/c1-16-12(4-5-12)8-15-11-3-2-9(7-13)6-10(11)14/h2-3,6,15H,4-5,8,14H2,1H3. The molecule has 1 saturated carbocycles. The summed E-state index contributed by atoms with van der Waals surface area (Å²) in [5, 5.41) is 12.1. The third-order valence-corrected chi connectivity index (χ3v) is 4.44. The first-order chi connectivity index (χ1) is 7.69. The van der Waals surface area contributed by atoms with Gasteiger partial charge < -0.3 is 11.1 Å². The number of thioether (sulfide) groups is 1. The van der Waals surface area contributed by atoms with E-state index in [1.807, 2.05) is 17.8 Å². The quantitative estimate of drug-likeness (QED) is 0.784. The number of nitrogens with one attached hydrogen (secondary N) is 1. The van der Waals surface area contributed by atoms with Crippen LogP contribution in [0.3, 0.4) is 0 Å². The number of hydrogen-bond acceptors (Lipinski definition) is 4. The third-order valence-electron chi connectivity index (χ3n) is 3.02. The molecule has 0 saturated heterocycles. The summed E-state index contributed by atoms with van der Waals surface area (Å²) in [5.41, 5.74) is 8.05. The van der Waals surface area contributed by atoms with Crippen molar-refractivity contribution >= 4 is 23.1 Å². The highest BCUT2D eigenvalue weighted by atomic mass is 32.2. The highest BCUT2D eigenvalue weighted by Gasteiger charge is 2.41. The van der Waals surface area contributed by atoms with E-state index in [2.05, 4.69) is 17.6 Å². The Bertz CT molecular complexity index is 432. The van der Waals surface area contributed by atoms with Gasteiger partial charge in [-0.1, -0.05) is 0 Å². The molecule has 3 nitrogen and oxygen atoms in total. The Hall–Kier alpha value is -1.34. The zero-order valence-corrected chi connectivity index (χ0v) is 10.1. The van der Waals surface area contributed by atoms with Crippen molar-refractivity contribution in [3.05, 3.63) is 23.8 Å². The molecule has 0 bridgehead atoms. The van der Waals surface area contributed by atoms with Gasteiger partial charge in [-0.2, -0.15) is 17.0 Å². The van der Waals surface area contributed by atoms with E-state index in [9.17, 15) is 0 Å². The monoisotopic (exact) mass is 233 g/mol. The molecule has 1 aliphatic rings. The first-order valence-electron chi connectivity index (χ1n) is 5.28. The first-order valence-corrected chi connectivity index (χ1v) is 6.50. The molecule has 84 valence electrons. The van der Waals surface area contributed by atoms with Crippen LogP contribution in [0.1, 0.15) is 18.4 Å². The van der Waals surface area contributed by atoms with Gasteiger partial charge in [-0.05, 0) is 37.3 Å². The SMILES string of the molecule is CSC1(CNc2ccc(C#N)cc2N)CC1. The zero-order chi connectivity index (χ0) is 11.6. The molecule has 0 radical (unpaired) electrons. The van der Waals surface area contributed by atoms with Gasteiger partial charge in [-0.3, -0.25) is 0 Å². The van der Waals surface area contributed by atoms with E-state index in [4.69, 9.17) is 11.0 Å². The van der Waals surface area contributed by atoms with Gasteiger partial charge in [0.2, 0.25) is 0 Å². The summed E-state index contributed by atoms with van der Waals surface area (Å²) in [6.45, 7) is 0.949. The Labute approximate surface area is 100 Å². The number of rotatable bonds is 4. The summed E-state index contributed by atoms with van der Waals surface area (Å²) in [6.07, 6.45) is 4.70. The highest BCUT2D eigenvalue weighted by molar-refractivity contribution is 8.00. The molecule has 1 fully saturated rings. The molecule has 2 rings (SSSR count). The Kier molecular flexibility index (Phi) is 2.97. The summed E-state index contributed by atoms with van der Waals surface area (Å²) in [7, 11) is 0. The second-order valence-electron chi connectivity index (χ2n) is 4.15. The summed E-state index contributed by atoms with van der Waals surface area (Å²) >= 11 is 1.92. The van der Waals surface area contributed by atoms with Crippen LogP contribution in [0.15, 0.2) is 18.2 Å². The Morgan fingerprint density at radius 2 is 2.31 bits per heavy atom. The van der Waals surface area contributed by atoms with Crippen LogP contribution in [0.2, 0.25) is 0 Å². The van der Waals surface area contributed by atoms with Crippen molar-refractivity contribution in [3.8, 4) is 6.07 Å². The fraction of sp³-hybridized carbons (Fsp3) is 0.417. The molecule has 3 N–H and O–H groups in total. The molecule has 0 atom stereocenters. The maximum absolute atomic E-state index is 8.73. The molecule has 1 aromatic carbocycles. The average molecular weight is 233 g/mol. The lowest BCUT2D eigenvalue weighted by Gasteiger charge is -2.15. The van der Waals surface area contributed by atoms with Crippen LogP contribution in [0.25, 0.3) is 0 Å². The minimum absolute atomic E-state index is 0.417. The van der Waals surface area contributed by atoms with Crippen LogP contribution < -0.4 is 11.1 Å². The van der Waals surface area contributed by atoms with Gasteiger partial charge in [0.1, 0.15) is 0 Å². The molecule has 0 heterocycles. The van der Waals surface area contributed by atoms with E-state index in [1.165, 1.54) is 12.8 Å². The molecule has 0 aliphatic heterocycles. The molecule has 0 aromatic heterocycles. The number of hydrogen-bond donors (Lipinski definition) is 2. The van der Waals surface area contributed by atoms with Crippen molar-refractivity contribution in [2.24, 2.45) is 0 Å². The summed E-state index contributed by atoms with van der Waals surface area (Å²) in [5.74, 6) is 0. The molecule has 1 aliphatic carbocycles. The Balaban J connectivity index is 2.02. The third kappa shape index (κ3) is 2.25. The highest BCUT2D eigenvalue weighted by Crippen LogP contribution is 2.47. The molecule has 0 spiro atoms. The van der Waals surface area contributed by atoms with E-state index in [0.29, 0.717) is 16.0 Å². The predicted octanol–water partition coefficient (Wildman–Crippen LogP) is 2.45. The molecule has 16 heavy (non-hydrogen) atoms. The van der Waals surface area contributed by atoms with Crippen molar-refractivity contribution < 1.29 is 0 Å². The lowest BCUT2D eigenvalue weighted by atomic mass is 10.2. The minimum atomic E-state index is 0.417. The van der Waals surface area contributed by atoms with E-state index < -0.39 is 0 Å². The van der Waals surface area contributed by atoms with Crippen LogP contribution in [0, 0.1) is 11.3 Å². The second-order valence-corrected chi connectivity index (χ2v) is 5.43. The number of nitrogens with two attached hydrogens (primary N) is 1. The molecule has 4 heteroatoms. The Morgan fingerprint density at radius 3 is 2.81 bits per heavy atom. The molecule has 0 amide bonds. The number of nitrogen functional groups attached to an aromatic ring is 1. The van der Waals surface area contributed by atoms with Crippen LogP contribution in [0.5, 0.6) is 0 Å². The van der Waals surface area contributed by atoms with Crippen LogP contribution in [0.4, 0.5) is 11.4 Å². The first kappa shape index (κ1) is 11.2. The fourth-order valence-electron chi connectivity index (χ4n) is 1.64. The number of nitriles is 1. The lowest BCUT2D eigenvalue weighted by molar-refractivity contribution is 0.950. The van der Waals surface area contributed by atoms with Crippen molar-refractivity contribution in [1.29, 1.82) is 5.26 Å². The maximum atomic E-state index is 8.73. The van der Waals surface area contributed by atoms with Gasteiger partial charge in [-0.15, -0.1) is 0 Å². The fourth-order valence-corrected chi connectivity index (χ4v) is 2.37. The topological polar surface area (TPSA) is 61.8 Å². The van der Waals surface area contributed by atoms with Gasteiger partial charge >= 0.3 is 0 Å². The van der Waals surface area contributed by atoms with Crippen LogP contribution in [-0.4, -0.2) is 17.5 Å². The average Bonchev–Trinajstić information content (AvgIpc) is 3.08. The van der Waals surface area contributed by atoms with Gasteiger partial charge in [0.25, 0.3) is 0 Å². The van der Waals surface area contributed by atoms with Crippen molar-refractivity contribution in [3.63, 3.8) is 0 Å². The number of nitrogens with zero attached hydrogens (tertiary/aromatic N) is 1. The van der Waals surface area contributed by atoms with E-state index in [1.54, 1.807) is 12.1 Å². The molecular weight excluding hydrogens is 218 g/mol. The maximum Gasteiger partial charge on any atom is 0.0992 e. The molecular formula is C12H15N3S. The van der Waals surface area contributed by atoms with Crippen LogP contribution in [-0.2, 0) is 0 Å². The van der Waals surface area contributed by atoms with Gasteiger partial charge in [0.15, 0.2) is 0 Å². The van der Waals surface area contributed by atoms with E-state index in [-0.39, 0.29) is 0 Å². The van der Waals surface area contributed by atoms with Crippen LogP contribution >= 0.6 is 11.8 Å². The van der Waals surface area contributed by atoms with Crippen molar-refractivity contribution in [2.75, 3.05) is 23.9 Å². The van der Waals surface area contributed by atoms with Crippen molar-refractivity contribution in [2.45, 2.75) is 17.6 Å². The Morgan fingerprint density at radius 1 is 1.56 bits per heavy atom. The number of benzene rings is 1. The van der Waals surface area contributed by atoms with Gasteiger partial charge in [0.05, 0.1) is 23.0 Å². The lowest BCUT2D eigenvalue weighted by Crippen LogP contribution is -2.18. The summed E-state index contributed by atoms with van der Waals surface area (Å²) < 4.78 is 0.417. The molecule has 1 aromatic rings. The largest absolute Gasteiger partial charge is 0.397 e. The summed E-state index contributed by atoms with van der Waals surface area (Å²) in [6, 6.07) is 7.46. The predicted molar refractivity (Wildman–Crippen MR) is 69.5 cm³/mol. The smallest absolute Gasteiger partial charge is 0.0992 e.